The molecule has 0 aliphatic heterocycles. The first-order valence-corrected chi connectivity index (χ1v) is 6.64. The maximum atomic E-state index is 9.82. The topological polar surface area (TPSA) is 67.1 Å². The smallest absolute Gasteiger partial charge is 0.165 e. The van der Waals surface area contributed by atoms with E-state index in [-0.39, 0.29) is 0 Å². The van der Waals surface area contributed by atoms with Crippen LogP contribution in [0.4, 0.5) is 0 Å². The van der Waals surface area contributed by atoms with Gasteiger partial charge < -0.3 is 5.11 Å². The number of tetrazole rings is 1. The average Bonchev–Trinajstić information content (AvgIpc) is 2.75. The maximum absolute atomic E-state index is 9.82. The first-order valence-electron chi connectivity index (χ1n) is 6.64. The van der Waals surface area contributed by atoms with Crippen molar-refractivity contribution in [2.75, 3.05) is 13.6 Å². The van der Waals surface area contributed by atoms with E-state index in [0.29, 0.717) is 19.6 Å². The zero-order valence-electron chi connectivity index (χ0n) is 12.2. The van der Waals surface area contributed by atoms with Crippen LogP contribution in [0.3, 0.4) is 0 Å². The molecule has 20 heavy (non-hydrogen) atoms. The second-order valence-corrected chi connectivity index (χ2v) is 5.72. The van der Waals surface area contributed by atoms with Gasteiger partial charge in [-0.25, -0.2) is 4.68 Å². The zero-order chi connectivity index (χ0) is 14.6. The number of aliphatic hydroxyl groups is 1. The molecule has 6 heteroatoms. The number of rotatable bonds is 6. The largest absolute Gasteiger partial charge is 0.389 e. The Labute approximate surface area is 119 Å². The summed E-state index contributed by atoms with van der Waals surface area (Å²) in [5.41, 5.74) is 0.429. The predicted octanol–water partition coefficient (Wildman–Crippen LogP) is 0.924. The van der Waals surface area contributed by atoms with E-state index in [9.17, 15) is 5.11 Å². The second-order valence-electron chi connectivity index (χ2n) is 5.72. The van der Waals surface area contributed by atoms with Gasteiger partial charge in [0.05, 0.1) is 18.7 Å². The fraction of sp³-hybridized carbons (Fsp3) is 0.500. The molecule has 0 atom stereocenters. The van der Waals surface area contributed by atoms with Crippen molar-refractivity contribution in [2.24, 2.45) is 0 Å². The number of benzene rings is 1. The van der Waals surface area contributed by atoms with Gasteiger partial charge in [-0.05, 0) is 36.9 Å². The van der Waals surface area contributed by atoms with E-state index >= 15 is 0 Å². The number of aromatic nitrogens is 4. The Hall–Kier alpha value is -1.79. The molecule has 0 radical (unpaired) electrons. The predicted molar refractivity (Wildman–Crippen MR) is 76.0 cm³/mol. The molecule has 2 rings (SSSR count). The van der Waals surface area contributed by atoms with Crippen molar-refractivity contribution in [3.63, 3.8) is 0 Å². The Bertz CT molecular complexity index is 532. The van der Waals surface area contributed by atoms with Gasteiger partial charge in [0.1, 0.15) is 0 Å². The van der Waals surface area contributed by atoms with Gasteiger partial charge in [0.25, 0.3) is 0 Å². The molecule has 1 aromatic heterocycles. The number of likely N-dealkylation sites (N-methyl/N-ethyl adjacent to an activating group) is 1. The van der Waals surface area contributed by atoms with Crippen molar-refractivity contribution in [1.29, 1.82) is 0 Å². The summed E-state index contributed by atoms with van der Waals surface area (Å²) >= 11 is 0. The molecule has 0 saturated carbocycles. The van der Waals surface area contributed by atoms with Crippen molar-refractivity contribution in [2.45, 2.75) is 32.5 Å². The molecule has 0 aliphatic carbocycles. The molecule has 1 heterocycles. The molecule has 0 unspecified atom stereocenters. The van der Waals surface area contributed by atoms with E-state index in [1.807, 2.05) is 42.3 Å². The van der Waals surface area contributed by atoms with Gasteiger partial charge in [-0.2, -0.15) is 0 Å². The lowest BCUT2D eigenvalue weighted by molar-refractivity contribution is 0.0414. The molecular weight excluding hydrogens is 254 g/mol. The highest BCUT2D eigenvalue weighted by Crippen LogP contribution is 2.08. The molecule has 2 aromatic rings. The van der Waals surface area contributed by atoms with Crippen LogP contribution in [0.25, 0.3) is 0 Å². The average molecular weight is 275 g/mol. The van der Waals surface area contributed by atoms with E-state index < -0.39 is 5.60 Å². The Morgan fingerprint density at radius 3 is 2.60 bits per heavy atom. The first kappa shape index (κ1) is 14.6. The Morgan fingerprint density at radius 2 is 1.95 bits per heavy atom. The monoisotopic (exact) mass is 275 g/mol. The minimum Gasteiger partial charge on any atom is -0.389 e. The van der Waals surface area contributed by atoms with E-state index in [2.05, 4.69) is 15.5 Å². The minimum absolute atomic E-state index is 0.561. The van der Waals surface area contributed by atoms with Crippen molar-refractivity contribution in [1.82, 2.24) is 25.1 Å². The van der Waals surface area contributed by atoms with Crippen molar-refractivity contribution < 1.29 is 5.11 Å². The van der Waals surface area contributed by atoms with Crippen molar-refractivity contribution >= 4 is 0 Å². The third kappa shape index (κ3) is 4.40. The molecule has 6 nitrogen and oxygen atoms in total. The second kappa shape index (κ2) is 6.11. The lowest BCUT2D eigenvalue weighted by Crippen LogP contribution is -2.36. The van der Waals surface area contributed by atoms with E-state index in [1.165, 1.54) is 0 Å². The van der Waals surface area contributed by atoms with Crippen LogP contribution in [-0.4, -0.2) is 49.4 Å². The van der Waals surface area contributed by atoms with Crippen LogP contribution >= 0.6 is 0 Å². The lowest BCUT2D eigenvalue weighted by Gasteiger charge is -2.24. The third-order valence-electron chi connectivity index (χ3n) is 2.85. The number of nitrogens with zero attached hydrogens (tertiary/aromatic N) is 5. The fourth-order valence-corrected chi connectivity index (χ4v) is 2.17. The molecule has 1 N–H and O–H groups in total. The van der Waals surface area contributed by atoms with Gasteiger partial charge in [0, 0.05) is 6.54 Å². The van der Waals surface area contributed by atoms with Crippen LogP contribution < -0.4 is 0 Å². The molecule has 0 amide bonds. The molecule has 0 aliphatic rings. The number of hydrogen-bond donors (Lipinski definition) is 1. The SMILES string of the molecule is CN(Cc1nnnn1Cc1ccccc1)CC(C)(C)O. The van der Waals surface area contributed by atoms with Crippen LogP contribution in [-0.2, 0) is 13.1 Å². The highest BCUT2D eigenvalue weighted by atomic mass is 16.3. The minimum atomic E-state index is -0.730. The normalized spacial score (nSPS) is 12.1. The quantitative estimate of drug-likeness (QED) is 0.849. The zero-order valence-corrected chi connectivity index (χ0v) is 12.2. The summed E-state index contributed by atoms with van der Waals surface area (Å²) in [6.07, 6.45) is 0. The van der Waals surface area contributed by atoms with Gasteiger partial charge in [-0.15, -0.1) is 5.10 Å². The summed E-state index contributed by atoms with van der Waals surface area (Å²) in [6.45, 7) is 5.39. The summed E-state index contributed by atoms with van der Waals surface area (Å²) < 4.78 is 1.79. The van der Waals surface area contributed by atoms with Crippen LogP contribution in [0.5, 0.6) is 0 Å². The van der Waals surface area contributed by atoms with Gasteiger partial charge in [-0.3, -0.25) is 4.90 Å². The maximum Gasteiger partial charge on any atom is 0.165 e. The summed E-state index contributed by atoms with van der Waals surface area (Å²) in [5, 5.41) is 21.7. The molecule has 0 bridgehead atoms. The van der Waals surface area contributed by atoms with E-state index in [0.717, 1.165) is 11.4 Å². The highest BCUT2D eigenvalue weighted by Gasteiger charge is 2.17. The Kier molecular flexibility index (Phi) is 4.46. The molecule has 1 aromatic carbocycles. The van der Waals surface area contributed by atoms with Crippen molar-refractivity contribution in [3.8, 4) is 0 Å². The molecule has 0 fully saturated rings. The van der Waals surface area contributed by atoms with Crippen LogP contribution in [0.2, 0.25) is 0 Å². The summed E-state index contributed by atoms with van der Waals surface area (Å²) in [5.74, 6) is 0.792. The van der Waals surface area contributed by atoms with Gasteiger partial charge in [0.2, 0.25) is 0 Å². The standard InChI is InChI=1S/C14H21N5O/c1-14(2,20)11-18(3)10-13-15-16-17-19(13)9-12-7-5-4-6-8-12/h4-8,20H,9-11H2,1-3H3. The van der Waals surface area contributed by atoms with E-state index in [1.54, 1.807) is 18.5 Å². The molecule has 0 spiro atoms. The van der Waals surface area contributed by atoms with E-state index in [4.69, 9.17) is 0 Å². The first-order chi connectivity index (χ1) is 9.44. The van der Waals surface area contributed by atoms with Crippen LogP contribution in [0.1, 0.15) is 25.2 Å². The fourth-order valence-electron chi connectivity index (χ4n) is 2.17. The molecule has 0 saturated heterocycles. The number of hydrogen-bond acceptors (Lipinski definition) is 5. The Balaban J connectivity index is 2.02. The van der Waals surface area contributed by atoms with Gasteiger partial charge in [-0.1, -0.05) is 30.3 Å². The Morgan fingerprint density at radius 1 is 1.25 bits per heavy atom. The van der Waals surface area contributed by atoms with Crippen molar-refractivity contribution in [3.05, 3.63) is 41.7 Å². The van der Waals surface area contributed by atoms with Gasteiger partial charge >= 0.3 is 0 Å². The van der Waals surface area contributed by atoms with Crippen LogP contribution in [0.15, 0.2) is 30.3 Å². The molecule has 108 valence electrons. The highest BCUT2D eigenvalue weighted by molar-refractivity contribution is 5.14. The summed E-state index contributed by atoms with van der Waals surface area (Å²) in [7, 11) is 1.94. The van der Waals surface area contributed by atoms with Gasteiger partial charge in [0.15, 0.2) is 5.82 Å². The van der Waals surface area contributed by atoms with Crippen LogP contribution in [0, 0.1) is 0 Å². The summed E-state index contributed by atoms with van der Waals surface area (Å²) in [4.78, 5) is 2.01. The molecular formula is C14H21N5O. The lowest BCUT2D eigenvalue weighted by atomic mass is 10.1. The summed E-state index contributed by atoms with van der Waals surface area (Å²) in [6, 6.07) is 10.1. The third-order valence-corrected chi connectivity index (χ3v) is 2.85.